The molecule has 1 aliphatic rings. The van der Waals surface area contributed by atoms with Crippen LogP contribution in [-0.4, -0.2) is 16.5 Å². The molecule has 4 heteroatoms. The van der Waals surface area contributed by atoms with Gasteiger partial charge in [0.2, 0.25) is 0 Å². The average Bonchev–Trinajstić information content (AvgIpc) is 3.70. The van der Waals surface area contributed by atoms with Crippen LogP contribution in [0.25, 0.3) is 83.7 Å². The van der Waals surface area contributed by atoms with Crippen molar-refractivity contribution < 1.29 is 4.42 Å². The molecule has 3 heterocycles. The molecule has 0 atom stereocenters. The zero-order valence-electron chi connectivity index (χ0n) is 31.2. The lowest BCUT2D eigenvalue weighted by Gasteiger charge is -2.27. The second kappa shape index (κ2) is 14.6. The zero-order valence-corrected chi connectivity index (χ0v) is 31.2. The summed E-state index contributed by atoms with van der Waals surface area (Å²) in [4.78, 5) is 12.4. The molecule has 10 rings (SSSR count). The first-order valence-corrected chi connectivity index (χ1v) is 19.2. The molecule has 0 unspecified atom stereocenters. The number of aromatic nitrogens is 2. The van der Waals surface area contributed by atoms with E-state index in [1.165, 1.54) is 0 Å². The van der Waals surface area contributed by atoms with E-state index in [2.05, 4.69) is 163 Å². The van der Waals surface area contributed by atoms with Crippen LogP contribution < -0.4 is 4.90 Å². The summed E-state index contributed by atoms with van der Waals surface area (Å²) in [5.41, 5.74) is 15.2. The Kier molecular flexibility index (Phi) is 8.69. The van der Waals surface area contributed by atoms with E-state index in [4.69, 9.17) is 14.4 Å². The summed E-state index contributed by atoms with van der Waals surface area (Å²) in [6.45, 7) is 5.22. The monoisotopic (exact) mass is 731 g/mol. The molecule has 0 saturated heterocycles. The first-order chi connectivity index (χ1) is 28.2. The predicted octanol–water partition coefficient (Wildman–Crippen LogP) is 14.0. The van der Waals surface area contributed by atoms with Gasteiger partial charge in [0.25, 0.3) is 0 Å². The van der Waals surface area contributed by atoms with Gasteiger partial charge in [0.15, 0.2) is 5.82 Å². The largest absolute Gasteiger partial charge is 0.455 e. The van der Waals surface area contributed by atoms with Gasteiger partial charge in [-0.2, -0.15) is 0 Å². The highest BCUT2D eigenvalue weighted by Crippen LogP contribution is 2.40. The predicted molar refractivity (Wildman–Crippen MR) is 237 cm³/mol. The molecule has 0 N–H and O–H groups in total. The van der Waals surface area contributed by atoms with Gasteiger partial charge in [0.1, 0.15) is 11.2 Å². The topological polar surface area (TPSA) is 42.2 Å². The molecule has 57 heavy (non-hydrogen) atoms. The Bertz CT molecular complexity index is 2940. The molecule has 0 amide bonds. The Hall–Kier alpha value is -7.56. The fourth-order valence-electron chi connectivity index (χ4n) is 7.77. The Morgan fingerprint density at radius 3 is 1.91 bits per heavy atom. The van der Waals surface area contributed by atoms with Crippen LogP contribution in [0.15, 0.2) is 211 Å². The smallest absolute Gasteiger partial charge is 0.160 e. The standard InChI is InChI=1S/C53H37N3O/c1-36-15-5-4-12-32-56(43-21-13-20-42(33-43)44-23-14-24-46-45-22-10-11-25-51(45)57-52(44)46)50-31-30-41(34-47(36)50)37-26-28-40(29-27-37)53-54-48(38-16-6-2-7-17-38)35-49(55-53)39-18-8-3-9-19-39/h2-31,33-35H,1,32H2/b12-4-,15-5-. The van der Waals surface area contributed by atoms with Crippen molar-refractivity contribution in [2.45, 2.75) is 0 Å². The molecule has 7 aromatic carbocycles. The van der Waals surface area contributed by atoms with Crippen molar-refractivity contribution in [2.24, 2.45) is 0 Å². The molecule has 9 aromatic rings. The van der Waals surface area contributed by atoms with Crippen molar-refractivity contribution in [2.75, 3.05) is 11.4 Å². The average molecular weight is 732 g/mol. The zero-order chi connectivity index (χ0) is 38.1. The van der Waals surface area contributed by atoms with E-state index >= 15 is 0 Å². The molecule has 0 spiro atoms. The van der Waals surface area contributed by atoms with Crippen molar-refractivity contribution >= 4 is 38.9 Å². The molecule has 4 nitrogen and oxygen atoms in total. The normalized spacial score (nSPS) is 13.8. The quantitative estimate of drug-likeness (QED) is 0.171. The van der Waals surface area contributed by atoms with Crippen LogP contribution in [0.2, 0.25) is 0 Å². The number of nitrogens with zero attached hydrogens (tertiary/aromatic N) is 3. The molecule has 1 aliphatic heterocycles. The second-order valence-electron chi connectivity index (χ2n) is 14.3. The summed E-state index contributed by atoms with van der Waals surface area (Å²) in [5.74, 6) is 0.691. The maximum absolute atomic E-state index is 6.43. The van der Waals surface area contributed by atoms with Crippen LogP contribution in [0.4, 0.5) is 11.4 Å². The number of fused-ring (bicyclic) bond motifs is 4. The van der Waals surface area contributed by atoms with Gasteiger partial charge in [-0.25, -0.2) is 9.97 Å². The Morgan fingerprint density at radius 1 is 0.491 bits per heavy atom. The van der Waals surface area contributed by atoms with Crippen molar-refractivity contribution in [1.29, 1.82) is 0 Å². The first kappa shape index (κ1) is 34.0. The van der Waals surface area contributed by atoms with Gasteiger partial charge in [-0.1, -0.05) is 170 Å². The highest BCUT2D eigenvalue weighted by molar-refractivity contribution is 6.09. The number of allylic oxidation sites excluding steroid dienone is 4. The van der Waals surface area contributed by atoms with E-state index in [9.17, 15) is 0 Å². The number of furan rings is 1. The second-order valence-corrected chi connectivity index (χ2v) is 14.3. The maximum atomic E-state index is 6.43. The molecule has 2 aromatic heterocycles. The third-order valence-corrected chi connectivity index (χ3v) is 10.7. The lowest BCUT2D eigenvalue weighted by Crippen LogP contribution is -2.18. The lowest BCUT2D eigenvalue weighted by atomic mass is 9.96. The molecular weight excluding hydrogens is 695 g/mol. The van der Waals surface area contributed by atoms with Crippen LogP contribution in [0, 0.1) is 0 Å². The van der Waals surface area contributed by atoms with E-state index in [-0.39, 0.29) is 0 Å². The van der Waals surface area contributed by atoms with Crippen molar-refractivity contribution in [1.82, 2.24) is 9.97 Å². The van der Waals surface area contributed by atoms with Gasteiger partial charge >= 0.3 is 0 Å². The molecular formula is C53H37N3O. The third kappa shape index (κ3) is 6.53. The fraction of sp³-hybridized carbons (Fsp3) is 0.0189. The van der Waals surface area contributed by atoms with E-state index < -0.39 is 0 Å². The van der Waals surface area contributed by atoms with Crippen LogP contribution in [0.1, 0.15) is 5.56 Å². The van der Waals surface area contributed by atoms with Crippen LogP contribution >= 0.6 is 0 Å². The van der Waals surface area contributed by atoms with Gasteiger partial charge in [0.05, 0.1) is 11.4 Å². The highest BCUT2D eigenvalue weighted by atomic mass is 16.3. The summed E-state index contributed by atoms with van der Waals surface area (Å²) in [7, 11) is 0. The van der Waals surface area contributed by atoms with Crippen LogP contribution in [0.3, 0.4) is 0 Å². The van der Waals surface area contributed by atoms with Crippen molar-refractivity contribution in [3.63, 3.8) is 0 Å². The van der Waals surface area contributed by atoms with Gasteiger partial charge in [0, 0.05) is 56.5 Å². The number of rotatable bonds is 6. The van der Waals surface area contributed by atoms with Gasteiger partial charge < -0.3 is 9.32 Å². The summed E-state index contributed by atoms with van der Waals surface area (Å²) < 4.78 is 6.43. The summed E-state index contributed by atoms with van der Waals surface area (Å²) in [6, 6.07) is 61.3. The summed E-state index contributed by atoms with van der Waals surface area (Å²) in [6.07, 6.45) is 8.45. The highest BCUT2D eigenvalue weighted by Gasteiger charge is 2.19. The van der Waals surface area contributed by atoms with E-state index in [0.29, 0.717) is 12.4 Å². The SMILES string of the molecule is C=C1/C=C\C=C/CN(c2cccc(-c3cccc4c3oc3ccccc34)c2)c2ccc(-c3ccc(-c4nc(-c5ccccc5)cc(-c5ccccc5)n4)cc3)cc21. The number of para-hydroxylation sites is 2. The van der Waals surface area contributed by atoms with Crippen LogP contribution in [-0.2, 0) is 0 Å². The molecule has 0 radical (unpaired) electrons. The van der Waals surface area contributed by atoms with E-state index in [0.717, 1.165) is 94.8 Å². The molecule has 0 saturated carbocycles. The van der Waals surface area contributed by atoms with E-state index in [1.54, 1.807) is 0 Å². The summed E-state index contributed by atoms with van der Waals surface area (Å²) in [5, 5.41) is 2.25. The Labute approximate surface area is 332 Å². The Morgan fingerprint density at radius 2 is 1.14 bits per heavy atom. The van der Waals surface area contributed by atoms with E-state index in [1.807, 2.05) is 48.5 Å². The molecule has 270 valence electrons. The minimum Gasteiger partial charge on any atom is -0.455 e. The number of hydrogen-bond donors (Lipinski definition) is 0. The van der Waals surface area contributed by atoms with Gasteiger partial charge in [-0.3, -0.25) is 0 Å². The Balaban J connectivity index is 1.01. The molecule has 0 bridgehead atoms. The maximum Gasteiger partial charge on any atom is 0.160 e. The van der Waals surface area contributed by atoms with Gasteiger partial charge in [-0.05, 0) is 58.7 Å². The van der Waals surface area contributed by atoms with Crippen molar-refractivity contribution in [3.05, 3.63) is 212 Å². The summed E-state index contributed by atoms with van der Waals surface area (Å²) >= 11 is 0. The third-order valence-electron chi connectivity index (χ3n) is 10.7. The molecule has 0 fully saturated rings. The minimum absolute atomic E-state index is 0.691. The number of benzene rings is 7. The number of anilines is 2. The fourth-order valence-corrected chi connectivity index (χ4v) is 7.77. The molecule has 0 aliphatic carbocycles. The van der Waals surface area contributed by atoms with Crippen molar-refractivity contribution in [3.8, 4) is 56.2 Å². The van der Waals surface area contributed by atoms with Crippen LogP contribution in [0.5, 0.6) is 0 Å². The first-order valence-electron chi connectivity index (χ1n) is 19.2. The minimum atomic E-state index is 0.691. The number of hydrogen-bond acceptors (Lipinski definition) is 4. The van der Waals surface area contributed by atoms with Gasteiger partial charge in [-0.15, -0.1) is 0 Å². The lowest BCUT2D eigenvalue weighted by molar-refractivity contribution is 0.670.